The van der Waals surface area contributed by atoms with Crippen LogP contribution in [-0.2, 0) is 4.74 Å². The van der Waals surface area contributed by atoms with Crippen LogP contribution in [-0.4, -0.2) is 59.5 Å². The fraction of sp³-hybridized carbons (Fsp3) is 0.333. The molecule has 4 rings (SSSR count). The molecular formula is C21H23ClN4O3. The van der Waals surface area contributed by atoms with Gasteiger partial charge in [-0.3, -0.25) is 9.69 Å². The first-order valence-electron chi connectivity index (χ1n) is 9.61. The molecule has 1 saturated heterocycles. The number of rotatable bonds is 6. The maximum absolute atomic E-state index is 12.8. The smallest absolute Gasteiger partial charge is 0.271 e. The van der Waals surface area contributed by atoms with Gasteiger partial charge < -0.3 is 14.5 Å². The van der Waals surface area contributed by atoms with Crippen molar-refractivity contribution in [1.29, 1.82) is 0 Å². The Morgan fingerprint density at radius 3 is 2.79 bits per heavy atom. The Hall–Kier alpha value is -2.61. The number of nitrogens with zero attached hydrogens (tertiary/aromatic N) is 3. The van der Waals surface area contributed by atoms with Gasteiger partial charge in [-0.25, -0.2) is 4.68 Å². The van der Waals surface area contributed by atoms with Gasteiger partial charge in [0.25, 0.3) is 5.91 Å². The highest BCUT2D eigenvalue weighted by Gasteiger charge is 2.21. The van der Waals surface area contributed by atoms with Gasteiger partial charge in [0.15, 0.2) is 11.5 Å². The van der Waals surface area contributed by atoms with Crippen LogP contribution in [0.3, 0.4) is 0 Å². The Morgan fingerprint density at radius 2 is 2.07 bits per heavy atom. The predicted molar refractivity (Wildman–Crippen MR) is 110 cm³/mol. The van der Waals surface area contributed by atoms with Gasteiger partial charge in [-0.2, -0.15) is 5.10 Å². The van der Waals surface area contributed by atoms with E-state index in [1.54, 1.807) is 35.2 Å². The summed E-state index contributed by atoms with van der Waals surface area (Å²) in [4.78, 5) is 15.1. The summed E-state index contributed by atoms with van der Waals surface area (Å²) in [6, 6.07) is 12.9. The van der Waals surface area contributed by atoms with E-state index in [0.29, 0.717) is 28.7 Å². The maximum Gasteiger partial charge on any atom is 0.271 e. The molecule has 3 heterocycles. The largest absolute Gasteiger partial charge is 0.463 e. The summed E-state index contributed by atoms with van der Waals surface area (Å²) in [5, 5.41) is 8.10. The molecule has 7 nitrogen and oxygen atoms in total. The van der Waals surface area contributed by atoms with E-state index < -0.39 is 0 Å². The number of aromatic nitrogens is 2. The topological polar surface area (TPSA) is 72.5 Å². The normalized spacial score (nSPS) is 15.9. The lowest BCUT2D eigenvalue weighted by molar-refractivity contribution is 0.0204. The summed E-state index contributed by atoms with van der Waals surface area (Å²) in [6.45, 7) is 5.86. The third-order valence-electron chi connectivity index (χ3n) is 5.00. The van der Waals surface area contributed by atoms with Crippen LogP contribution in [0.4, 0.5) is 0 Å². The van der Waals surface area contributed by atoms with Gasteiger partial charge in [0, 0.05) is 36.8 Å². The Balaban J connectivity index is 1.54. The minimum atomic E-state index is -0.223. The minimum Gasteiger partial charge on any atom is -0.463 e. The fourth-order valence-corrected chi connectivity index (χ4v) is 3.56. The molecule has 1 aliphatic heterocycles. The average molecular weight is 415 g/mol. The van der Waals surface area contributed by atoms with Crippen molar-refractivity contribution in [1.82, 2.24) is 20.0 Å². The fourth-order valence-electron chi connectivity index (χ4n) is 3.37. The van der Waals surface area contributed by atoms with Crippen LogP contribution in [0.2, 0.25) is 5.02 Å². The van der Waals surface area contributed by atoms with Crippen LogP contribution in [0.5, 0.6) is 0 Å². The van der Waals surface area contributed by atoms with Crippen LogP contribution in [0, 0.1) is 0 Å². The number of benzene rings is 1. The molecule has 2 aromatic heterocycles. The third kappa shape index (κ3) is 4.53. The van der Waals surface area contributed by atoms with Crippen molar-refractivity contribution in [2.75, 3.05) is 32.8 Å². The van der Waals surface area contributed by atoms with Gasteiger partial charge in [0.1, 0.15) is 5.69 Å². The van der Waals surface area contributed by atoms with Gasteiger partial charge in [0.2, 0.25) is 0 Å². The number of halogens is 1. The molecule has 0 bridgehead atoms. The second-order valence-corrected chi connectivity index (χ2v) is 7.43. The van der Waals surface area contributed by atoms with Crippen molar-refractivity contribution in [3.8, 4) is 17.1 Å². The van der Waals surface area contributed by atoms with Gasteiger partial charge in [0.05, 0.1) is 25.2 Å². The molecule has 1 aromatic carbocycles. The van der Waals surface area contributed by atoms with E-state index in [1.165, 1.54) is 0 Å². The van der Waals surface area contributed by atoms with E-state index >= 15 is 0 Å². The standard InChI is InChI=1S/C21H23ClN4O3/c1-15(25-7-10-28-11-8-25)14-23-21(27)18-13-19(20-6-3-9-29-20)26(24-18)17-5-2-4-16(22)12-17/h2-6,9,12-13,15H,7-8,10-11,14H2,1H3,(H,23,27). The highest BCUT2D eigenvalue weighted by Crippen LogP contribution is 2.25. The number of hydrogen-bond acceptors (Lipinski definition) is 5. The highest BCUT2D eigenvalue weighted by molar-refractivity contribution is 6.30. The van der Waals surface area contributed by atoms with Gasteiger partial charge in [-0.05, 0) is 37.3 Å². The predicted octanol–water partition coefficient (Wildman–Crippen LogP) is 3.24. The molecule has 1 amide bonds. The van der Waals surface area contributed by atoms with Crippen molar-refractivity contribution in [2.24, 2.45) is 0 Å². The van der Waals surface area contributed by atoms with Crippen LogP contribution in [0.25, 0.3) is 17.1 Å². The number of nitrogens with one attached hydrogen (secondary N) is 1. The lowest BCUT2D eigenvalue weighted by Gasteiger charge is -2.32. The lowest BCUT2D eigenvalue weighted by Crippen LogP contribution is -2.47. The van der Waals surface area contributed by atoms with Crippen LogP contribution in [0.15, 0.2) is 53.1 Å². The third-order valence-corrected chi connectivity index (χ3v) is 5.23. The Labute approximate surface area is 174 Å². The number of amides is 1. The zero-order valence-corrected chi connectivity index (χ0v) is 16.9. The second-order valence-electron chi connectivity index (χ2n) is 6.99. The second kappa shape index (κ2) is 8.82. The van der Waals surface area contributed by atoms with E-state index in [2.05, 4.69) is 22.2 Å². The number of morpholine rings is 1. The van der Waals surface area contributed by atoms with Gasteiger partial charge in [-0.1, -0.05) is 17.7 Å². The first kappa shape index (κ1) is 19.7. The summed E-state index contributed by atoms with van der Waals surface area (Å²) < 4.78 is 12.6. The zero-order chi connectivity index (χ0) is 20.2. The van der Waals surface area contributed by atoms with E-state index in [-0.39, 0.29) is 11.9 Å². The van der Waals surface area contributed by atoms with Crippen LogP contribution in [0.1, 0.15) is 17.4 Å². The van der Waals surface area contributed by atoms with Crippen molar-refractivity contribution in [3.63, 3.8) is 0 Å². The molecular weight excluding hydrogens is 392 g/mol. The number of carbonyl (C=O) groups excluding carboxylic acids is 1. The maximum atomic E-state index is 12.8. The van der Waals surface area contributed by atoms with Crippen molar-refractivity contribution in [2.45, 2.75) is 13.0 Å². The monoisotopic (exact) mass is 414 g/mol. The summed E-state index contributed by atoms with van der Waals surface area (Å²) in [5.74, 6) is 0.400. The molecule has 8 heteroatoms. The van der Waals surface area contributed by atoms with Gasteiger partial charge in [-0.15, -0.1) is 0 Å². The summed E-state index contributed by atoms with van der Waals surface area (Å²) in [5.41, 5.74) is 1.76. The number of ether oxygens (including phenoxy) is 1. The minimum absolute atomic E-state index is 0.223. The molecule has 0 aliphatic carbocycles. The Kier molecular flexibility index (Phi) is 5.99. The van der Waals surface area contributed by atoms with E-state index in [1.807, 2.05) is 18.2 Å². The SMILES string of the molecule is CC(CNC(=O)c1cc(-c2ccco2)n(-c2cccc(Cl)c2)n1)N1CCOCC1. The number of hydrogen-bond donors (Lipinski definition) is 1. The molecule has 0 spiro atoms. The quantitative estimate of drug-likeness (QED) is 0.670. The van der Waals surface area contributed by atoms with Crippen molar-refractivity contribution < 1.29 is 13.9 Å². The van der Waals surface area contributed by atoms with Crippen LogP contribution >= 0.6 is 11.6 Å². The lowest BCUT2D eigenvalue weighted by atomic mass is 10.2. The van der Waals surface area contributed by atoms with E-state index in [9.17, 15) is 4.79 Å². The Bertz CT molecular complexity index is 964. The zero-order valence-electron chi connectivity index (χ0n) is 16.2. The molecule has 152 valence electrons. The summed E-state index contributed by atoms with van der Waals surface area (Å²) in [6.07, 6.45) is 1.59. The molecule has 1 aliphatic rings. The van der Waals surface area contributed by atoms with E-state index in [0.717, 1.165) is 32.0 Å². The molecule has 1 atom stereocenters. The Morgan fingerprint density at radius 1 is 1.24 bits per heavy atom. The average Bonchev–Trinajstić information content (AvgIpc) is 3.42. The molecule has 3 aromatic rings. The number of carbonyl (C=O) groups is 1. The highest BCUT2D eigenvalue weighted by atomic mass is 35.5. The van der Waals surface area contributed by atoms with Gasteiger partial charge >= 0.3 is 0 Å². The molecule has 0 radical (unpaired) electrons. The summed E-state index contributed by atoms with van der Waals surface area (Å²) >= 11 is 6.14. The summed E-state index contributed by atoms with van der Waals surface area (Å²) in [7, 11) is 0. The molecule has 1 unspecified atom stereocenters. The number of furan rings is 1. The first-order chi connectivity index (χ1) is 14.1. The molecule has 29 heavy (non-hydrogen) atoms. The van der Waals surface area contributed by atoms with Crippen molar-refractivity contribution >= 4 is 17.5 Å². The van der Waals surface area contributed by atoms with E-state index in [4.69, 9.17) is 20.8 Å². The first-order valence-corrected chi connectivity index (χ1v) is 9.99. The molecule has 1 fully saturated rings. The van der Waals surface area contributed by atoms with Crippen LogP contribution < -0.4 is 5.32 Å². The molecule has 0 saturated carbocycles. The van der Waals surface area contributed by atoms with Crippen molar-refractivity contribution in [3.05, 3.63) is 59.4 Å². The molecule has 1 N–H and O–H groups in total.